The molecule has 2 aromatic rings. The number of nitrogens with one attached hydrogen (secondary N) is 2. The molecule has 2 heterocycles. The van der Waals surface area contributed by atoms with Crippen molar-refractivity contribution in [3.63, 3.8) is 0 Å². The summed E-state index contributed by atoms with van der Waals surface area (Å²) in [5, 5.41) is 6.81. The van der Waals surface area contributed by atoms with Gasteiger partial charge in [0.15, 0.2) is 5.11 Å². The highest BCUT2D eigenvalue weighted by molar-refractivity contribution is 7.80. The van der Waals surface area contributed by atoms with E-state index in [1.54, 1.807) is 0 Å². The van der Waals surface area contributed by atoms with Gasteiger partial charge >= 0.3 is 0 Å². The number of thiocarbonyl (C=S) groups is 1. The number of nitrogens with zero attached hydrogens (tertiary/aromatic N) is 3. The van der Waals surface area contributed by atoms with Crippen LogP contribution in [0.3, 0.4) is 0 Å². The molecule has 3 rings (SSSR count). The standard InChI is InChI=1S/C21H28FN5S/c1-15-14-19(27-13-4-3-6-16(27)2)25-20(24-15)26-21(28)23-12-5-7-17-8-10-18(22)11-9-17/h8-11,14,16H,3-7,12-13H2,1-2H3,(H2,23,24,25,26,28)/t16-/m1/s1. The van der Waals surface area contributed by atoms with E-state index in [-0.39, 0.29) is 5.82 Å². The van der Waals surface area contributed by atoms with Gasteiger partial charge in [0.05, 0.1) is 0 Å². The topological polar surface area (TPSA) is 53.1 Å². The monoisotopic (exact) mass is 401 g/mol. The van der Waals surface area contributed by atoms with Crippen LogP contribution in [0.4, 0.5) is 16.2 Å². The van der Waals surface area contributed by atoms with Crippen molar-refractivity contribution < 1.29 is 4.39 Å². The molecule has 1 aliphatic heterocycles. The first kappa shape index (κ1) is 20.5. The van der Waals surface area contributed by atoms with Crippen LogP contribution in [0.25, 0.3) is 0 Å². The molecular weight excluding hydrogens is 373 g/mol. The van der Waals surface area contributed by atoms with Crippen molar-refractivity contribution in [3.8, 4) is 0 Å². The van der Waals surface area contributed by atoms with Crippen LogP contribution >= 0.6 is 12.2 Å². The molecule has 1 fully saturated rings. The van der Waals surface area contributed by atoms with E-state index in [9.17, 15) is 4.39 Å². The summed E-state index contributed by atoms with van der Waals surface area (Å²) in [5.74, 6) is 1.29. The van der Waals surface area contributed by atoms with Crippen molar-refractivity contribution in [2.75, 3.05) is 23.3 Å². The predicted molar refractivity (Wildman–Crippen MR) is 116 cm³/mol. The van der Waals surface area contributed by atoms with Gasteiger partial charge in [0.2, 0.25) is 5.95 Å². The molecule has 1 aromatic heterocycles. The average molecular weight is 402 g/mol. The number of halogens is 1. The summed E-state index contributed by atoms with van der Waals surface area (Å²) < 4.78 is 12.9. The molecule has 1 aromatic carbocycles. The highest BCUT2D eigenvalue weighted by Gasteiger charge is 2.20. The summed E-state index contributed by atoms with van der Waals surface area (Å²) in [6.07, 6.45) is 5.44. The first-order valence-electron chi connectivity index (χ1n) is 9.93. The minimum Gasteiger partial charge on any atom is -0.362 e. The Morgan fingerprint density at radius 2 is 2.04 bits per heavy atom. The van der Waals surface area contributed by atoms with Gasteiger partial charge in [-0.05, 0) is 75.9 Å². The third-order valence-electron chi connectivity index (χ3n) is 5.00. The van der Waals surface area contributed by atoms with E-state index < -0.39 is 0 Å². The molecule has 0 saturated carbocycles. The SMILES string of the molecule is Cc1cc(N2CCCC[C@H]2C)nc(NC(=S)NCCCc2ccc(F)cc2)n1. The Kier molecular flexibility index (Phi) is 7.14. The summed E-state index contributed by atoms with van der Waals surface area (Å²) in [6.45, 7) is 5.98. The molecule has 0 aliphatic carbocycles. The molecule has 1 aliphatic rings. The van der Waals surface area contributed by atoms with E-state index in [2.05, 4.69) is 32.4 Å². The highest BCUT2D eigenvalue weighted by atomic mass is 32.1. The van der Waals surface area contributed by atoms with E-state index in [1.807, 2.05) is 25.1 Å². The van der Waals surface area contributed by atoms with E-state index in [1.165, 1.54) is 31.4 Å². The lowest BCUT2D eigenvalue weighted by Gasteiger charge is -2.34. The molecule has 1 saturated heterocycles. The maximum atomic E-state index is 12.9. The van der Waals surface area contributed by atoms with Gasteiger partial charge in [-0.1, -0.05) is 12.1 Å². The number of benzene rings is 1. The number of aryl methyl sites for hydroxylation is 2. The maximum Gasteiger partial charge on any atom is 0.231 e. The zero-order chi connectivity index (χ0) is 19.9. The lowest BCUT2D eigenvalue weighted by molar-refractivity contribution is 0.481. The van der Waals surface area contributed by atoms with Crippen molar-refractivity contribution in [1.82, 2.24) is 15.3 Å². The summed E-state index contributed by atoms with van der Waals surface area (Å²) in [6, 6.07) is 9.14. The Morgan fingerprint density at radius 1 is 1.25 bits per heavy atom. The quantitative estimate of drug-likeness (QED) is 0.558. The van der Waals surface area contributed by atoms with Crippen LogP contribution < -0.4 is 15.5 Å². The van der Waals surface area contributed by atoms with Crippen molar-refractivity contribution in [2.24, 2.45) is 0 Å². The van der Waals surface area contributed by atoms with Crippen LogP contribution in [0.15, 0.2) is 30.3 Å². The molecule has 0 unspecified atom stereocenters. The van der Waals surface area contributed by atoms with Crippen LogP contribution in [-0.2, 0) is 6.42 Å². The summed E-state index contributed by atoms with van der Waals surface area (Å²) in [4.78, 5) is 11.5. The molecule has 5 nitrogen and oxygen atoms in total. The molecule has 2 N–H and O–H groups in total. The molecule has 0 bridgehead atoms. The van der Waals surface area contributed by atoms with E-state index in [0.717, 1.165) is 43.0 Å². The number of rotatable bonds is 6. The van der Waals surface area contributed by atoms with Crippen molar-refractivity contribution in [2.45, 2.75) is 52.0 Å². The second-order valence-corrected chi connectivity index (χ2v) is 7.75. The minimum atomic E-state index is -0.205. The molecule has 150 valence electrons. The van der Waals surface area contributed by atoms with E-state index in [4.69, 9.17) is 12.2 Å². The Balaban J connectivity index is 1.50. The normalized spacial score (nSPS) is 16.7. The predicted octanol–water partition coefficient (Wildman–Crippen LogP) is 4.22. The van der Waals surface area contributed by atoms with Gasteiger partial charge in [-0.15, -0.1) is 0 Å². The molecule has 0 spiro atoms. The fourth-order valence-electron chi connectivity index (χ4n) is 3.48. The van der Waals surface area contributed by atoms with Crippen LogP contribution in [0.2, 0.25) is 0 Å². The number of piperidine rings is 1. The van der Waals surface area contributed by atoms with E-state index in [0.29, 0.717) is 17.1 Å². The van der Waals surface area contributed by atoms with Gasteiger partial charge in [-0.2, -0.15) is 4.98 Å². The molecular formula is C21H28FN5S. The third-order valence-corrected chi connectivity index (χ3v) is 5.25. The van der Waals surface area contributed by atoms with Crippen LogP contribution in [0.1, 0.15) is 43.9 Å². The Hall–Kier alpha value is -2.28. The van der Waals surface area contributed by atoms with Gasteiger partial charge in [0, 0.05) is 30.9 Å². The zero-order valence-corrected chi connectivity index (χ0v) is 17.4. The number of hydrogen-bond donors (Lipinski definition) is 2. The van der Waals surface area contributed by atoms with Crippen molar-refractivity contribution in [3.05, 3.63) is 47.4 Å². The second kappa shape index (κ2) is 9.78. The number of aromatic nitrogens is 2. The van der Waals surface area contributed by atoms with Crippen LogP contribution in [0.5, 0.6) is 0 Å². The molecule has 1 atom stereocenters. The largest absolute Gasteiger partial charge is 0.362 e. The summed E-state index contributed by atoms with van der Waals surface area (Å²) in [5.41, 5.74) is 2.04. The first-order chi connectivity index (χ1) is 13.5. The lowest BCUT2D eigenvalue weighted by atomic mass is 10.0. The van der Waals surface area contributed by atoms with Gasteiger partial charge in [0.25, 0.3) is 0 Å². The van der Waals surface area contributed by atoms with Gasteiger partial charge in [-0.3, -0.25) is 0 Å². The second-order valence-electron chi connectivity index (χ2n) is 7.34. The number of anilines is 2. The third kappa shape index (κ3) is 5.86. The number of hydrogen-bond acceptors (Lipinski definition) is 4. The Labute approximate surface area is 171 Å². The van der Waals surface area contributed by atoms with E-state index >= 15 is 0 Å². The molecule has 7 heteroatoms. The minimum absolute atomic E-state index is 0.205. The van der Waals surface area contributed by atoms with Gasteiger partial charge in [0.1, 0.15) is 11.6 Å². The fraction of sp³-hybridized carbons (Fsp3) is 0.476. The van der Waals surface area contributed by atoms with Gasteiger partial charge < -0.3 is 15.5 Å². The lowest BCUT2D eigenvalue weighted by Crippen LogP contribution is -2.38. The zero-order valence-electron chi connectivity index (χ0n) is 16.5. The fourth-order valence-corrected chi connectivity index (χ4v) is 3.68. The molecule has 28 heavy (non-hydrogen) atoms. The Morgan fingerprint density at radius 3 is 2.79 bits per heavy atom. The highest BCUT2D eigenvalue weighted by Crippen LogP contribution is 2.24. The van der Waals surface area contributed by atoms with Gasteiger partial charge in [-0.25, -0.2) is 9.37 Å². The van der Waals surface area contributed by atoms with Crippen molar-refractivity contribution >= 4 is 29.1 Å². The maximum absolute atomic E-state index is 12.9. The summed E-state index contributed by atoms with van der Waals surface area (Å²) in [7, 11) is 0. The summed E-state index contributed by atoms with van der Waals surface area (Å²) >= 11 is 5.38. The smallest absolute Gasteiger partial charge is 0.231 e. The Bertz CT molecular complexity index is 796. The molecule has 0 radical (unpaired) electrons. The van der Waals surface area contributed by atoms with Crippen LogP contribution in [0, 0.1) is 12.7 Å². The van der Waals surface area contributed by atoms with Crippen molar-refractivity contribution in [1.29, 1.82) is 0 Å². The van der Waals surface area contributed by atoms with Crippen LogP contribution in [-0.4, -0.2) is 34.2 Å². The molecule has 0 amide bonds. The average Bonchev–Trinajstić information content (AvgIpc) is 2.66. The first-order valence-corrected chi connectivity index (χ1v) is 10.3.